The summed E-state index contributed by atoms with van der Waals surface area (Å²) in [5, 5.41) is 10.8. The molecule has 0 aliphatic carbocycles. The highest BCUT2D eigenvalue weighted by Crippen LogP contribution is 2.36. The van der Waals surface area contributed by atoms with Gasteiger partial charge in [-0.25, -0.2) is 4.98 Å². The van der Waals surface area contributed by atoms with Crippen LogP contribution in [-0.2, 0) is 0 Å². The summed E-state index contributed by atoms with van der Waals surface area (Å²) in [6, 6.07) is 0.613. The zero-order valence-corrected chi connectivity index (χ0v) is 11.9. The van der Waals surface area contributed by atoms with Gasteiger partial charge in [0, 0.05) is 12.6 Å². The molecule has 0 radical (unpaired) electrons. The van der Waals surface area contributed by atoms with Gasteiger partial charge in [-0.15, -0.1) is 0 Å². The van der Waals surface area contributed by atoms with Gasteiger partial charge in [0.25, 0.3) is 0 Å². The molecule has 2 unspecified atom stereocenters. The Morgan fingerprint density at radius 1 is 1.41 bits per heavy atom. The van der Waals surface area contributed by atoms with Gasteiger partial charge < -0.3 is 10.0 Å². The zero-order chi connectivity index (χ0) is 12.6. The van der Waals surface area contributed by atoms with Crippen LogP contribution in [0, 0.1) is 12.8 Å². The Labute approximate surface area is 107 Å². The van der Waals surface area contributed by atoms with Crippen molar-refractivity contribution in [3.05, 3.63) is 10.6 Å². The average molecular weight is 254 g/mol. The molecule has 17 heavy (non-hydrogen) atoms. The van der Waals surface area contributed by atoms with Crippen LogP contribution < -0.4 is 4.90 Å². The van der Waals surface area contributed by atoms with Gasteiger partial charge in [-0.2, -0.15) is 0 Å². The van der Waals surface area contributed by atoms with Crippen molar-refractivity contribution in [1.29, 1.82) is 0 Å². The first-order valence-electron chi connectivity index (χ1n) is 6.42. The Hall–Kier alpha value is -0.610. The Kier molecular flexibility index (Phi) is 3.73. The molecule has 1 aromatic heterocycles. The molecule has 0 amide bonds. The van der Waals surface area contributed by atoms with Crippen molar-refractivity contribution in [2.45, 2.75) is 52.7 Å². The van der Waals surface area contributed by atoms with E-state index in [4.69, 9.17) is 0 Å². The lowest BCUT2D eigenvalue weighted by molar-refractivity contribution is 0.202. The Balaban J connectivity index is 2.25. The molecule has 1 aliphatic rings. The predicted octanol–water partition coefficient (Wildman–Crippen LogP) is 3.13. The number of hydrogen-bond acceptors (Lipinski definition) is 4. The van der Waals surface area contributed by atoms with E-state index in [0.717, 1.165) is 22.2 Å². The predicted molar refractivity (Wildman–Crippen MR) is 72.7 cm³/mol. The van der Waals surface area contributed by atoms with E-state index in [2.05, 4.69) is 23.7 Å². The first-order valence-corrected chi connectivity index (χ1v) is 7.24. The van der Waals surface area contributed by atoms with E-state index < -0.39 is 6.10 Å². The molecule has 96 valence electrons. The van der Waals surface area contributed by atoms with Crippen molar-refractivity contribution in [3.8, 4) is 0 Å². The summed E-state index contributed by atoms with van der Waals surface area (Å²) in [5.74, 6) is 0.664. The summed E-state index contributed by atoms with van der Waals surface area (Å²) in [6.45, 7) is 9.46. The zero-order valence-electron chi connectivity index (χ0n) is 11.1. The number of anilines is 1. The molecule has 4 heteroatoms. The third-order valence-electron chi connectivity index (χ3n) is 3.52. The third kappa shape index (κ3) is 2.47. The molecule has 3 nitrogen and oxygen atoms in total. The molecule has 0 spiro atoms. The summed E-state index contributed by atoms with van der Waals surface area (Å²) >= 11 is 1.65. The summed E-state index contributed by atoms with van der Waals surface area (Å²) in [7, 11) is 0. The van der Waals surface area contributed by atoms with Crippen LogP contribution in [-0.4, -0.2) is 22.7 Å². The summed E-state index contributed by atoms with van der Waals surface area (Å²) in [6.07, 6.45) is 2.12. The lowest BCUT2D eigenvalue weighted by Crippen LogP contribution is -2.33. The Morgan fingerprint density at radius 3 is 2.65 bits per heavy atom. The van der Waals surface area contributed by atoms with E-state index in [1.165, 1.54) is 12.8 Å². The van der Waals surface area contributed by atoms with E-state index in [1.807, 2.05) is 13.8 Å². The molecule has 1 aliphatic heterocycles. The van der Waals surface area contributed by atoms with E-state index >= 15 is 0 Å². The van der Waals surface area contributed by atoms with Crippen LogP contribution in [0.15, 0.2) is 0 Å². The third-order valence-corrected chi connectivity index (χ3v) is 4.88. The number of rotatable bonds is 3. The second kappa shape index (κ2) is 4.94. The van der Waals surface area contributed by atoms with Crippen LogP contribution in [0.1, 0.15) is 50.3 Å². The largest absolute Gasteiger partial charge is 0.388 e. The molecule has 1 N–H and O–H groups in total. The van der Waals surface area contributed by atoms with Crippen LogP contribution in [0.5, 0.6) is 0 Å². The maximum absolute atomic E-state index is 9.69. The summed E-state index contributed by atoms with van der Waals surface area (Å²) in [4.78, 5) is 8.06. The maximum atomic E-state index is 9.69. The lowest BCUT2D eigenvalue weighted by atomic mass is 10.0. The second-order valence-corrected chi connectivity index (χ2v) is 6.28. The highest BCUT2D eigenvalue weighted by atomic mass is 32.1. The SMILES string of the molecule is Cc1nc(N2CCCC2C(C)C)sc1C(C)O. The van der Waals surface area contributed by atoms with E-state index in [-0.39, 0.29) is 0 Å². The first-order chi connectivity index (χ1) is 8.00. The minimum absolute atomic E-state index is 0.402. The Bertz CT molecular complexity index is 387. The molecule has 1 aromatic rings. The summed E-state index contributed by atoms with van der Waals surface area (Å²) in [5.41, 5.74) is 0.981. The van der Waals surface area contributed by atoms with E-state index in [0.29, 0.717) is 12.0 Å². The first kappa shape index (κ1) is 12.8. The molecule has 2 rings (SSSR count). The van der Waals surface area contributed by atoms with Crippen LogP contribution in [0.4, 0.5) is 5.13 Å². The Morgan fingerprint density at radius 2 is 2.12 bits per heavy atom. The van der Waals surface area contributed by atoms with Gasteiger partial charge in [0.05, 0.1) is 16.7 Å². The molecule has 0 saturated carbocycles. The molecule has 2 atom stereocenters. The van der Waals surface area contributed by atoms with Crippen molar-refractivity contribution < 1.29 is 5.11 Å². The molecular formula is C13H22N2OS. The van der Waals surface area contributed by atoms with Crippen LogP contribution >= 0.6 is 11.3 Å². The maximum Gasteiger partial charge on any atom is 0.186 e. The van der Waals surface area contributed by atoms with Gasteiger partial charge in [0.2, 0.25) is 0 Å². The summed E-state index contributed by atoms with van der Waals surface area (Å²) < 4.78 is 0. The topological polar surface area (TPSA) is 36.4 Å². The fourth-order valence-corrected chi connectivity index (χ4v) is 3.71. The van der Waals surface area contributed by atoms with Crippen molar-refractivity contribution in [2.75, 3.05) is 11.4 Å². The lowest BCUT2D eigenvalue weighted by Gasteiger charge is -2.27. The minimum atomic E-state index is -0.402. The number of aromatic nitrogens is 1. The standard InChI is InChI=1S/C13H22N2OS/c1-8(2)11-6-5-7-15(11)13-14-9(3)12(17-13)10(4)16/h8,10-11,16H,5-7H2,1-4H3. The fraction of sp³-hybridized carbons (Fsp3) is 0.769. The van der Waals surface area contributed by atoms with Gasteiger partial charge in [-0.3, -0.25) is 0 Å². The van der Waals surface area contributed by atoms with Gasteiger partial charge in [-0.1, -0.05) is 25.2 Å². The quantitative estimate of drug-likeness (QED) is 0.900. The molecular weight excluding hydrogens is 232 g/mol. The highest BCUT2D eigenvalue weighted by Gasteiger charge is 2.29. The normalized spacial score (nSPS) is 22.5. The number of aliphatic hydroxyl groups excluding tert-OH is 1. The number of hydrogen-bond donors (Lipinski definition) is 1. The molecule has 0 aromatic carbocycles. The van der Waals surface area contributed by atoms with Crippen molar-refractivity contribution in [3.63, 3.8) is 0 Å². The van der Waals surface area contributed by atoms with E-state index in [9.17, 15) is 5.11 Å². The van der Waals surface area contributed by atoms with Crippen LogP contribution in [0.25, 0.3) is 0 Å². The highest BCUT2D eigenvalue weighted by molar-refractivity contribution is 7.15. The number of aryl methyl sites for hydroxylation is 1. The second-order valence-electron chi connectivity index (χ2n) is 5.27. The van der Waals surface area contributed by atoms with Gasteiger partial charge >= 0.3 is 0 Å². The smallest absolute Gasteiger partial charge is 0.186 e. The van der Waals surface area contributed by atoms with Gasteiger partial charge in [-0.05, 0) is 32.6 Å². The van der Waals surface area contributed by atoms with Gasteiger partial charge in [0.15, 0.2) is 5.13 Å². The number of aliphatic hydroxyl groups is 1. The fourth-order valence-electron chi connectivity index (χ4n) is 2.63. The monoisotopic (exact) mass is 254 g/mol. The van der Waals surface area contributed by atoms with Crippen molar-refractivity contribution >= 4 is 16.5 Å². The van der Waals surface area contributed by atoms with Crippen molar-refractivity contribution in [1.82, 2.24) is 4.98 Å². The average Bonchev–Trinajstić information content (AvgIpc) is 2.82. The number of thiazole rings is 1. The van der Waals surface area contributed by atoms with Crippen molar-refractivity contribution in [2.24, 2.45) is 5.92 Å². The molecule has 2 heterocycles. The van der Waals surface area contributed by atoms with Crippen LogP contribution in [0.3, 0.4) is 0 Å². The number of nitrogens with zero attached hydrogens (tertiary/aromatic N) is 2. The molecule has 1 fully saturated rings. The minimum Gasteiger partial charge on any atom is -0.388 e. The molecule has 0 bridgehead atoms. The van der Waals surface area contributed by atoms with E-state index in [1.54, 1.807) is 11.3 Å². The molecule has 1 saturated heterocycles. The van der Waals surface area contributed by atoms with Crippen LogP contribution in [0.2, 0.25) is 0 Å². The van der Waals surface area contributed by atoms with Gasteiger partial charge in [0.1, 0.15) is 0 Å².